The summed E-state index contributed by atoms with van der Waals surface area (Å²) in [6.45, 7) is -1.40. The van der Waals surface area contributed by atoms with Crippen LogP contribution in [-0.2, 0) is 33.0 Å². The zero-order valence-electron chi connectivity index (χ0n) is 20.1. The number of alkyl halides is 3. The monoisotopic (exact) mass is 548 g/mol. The molecule has 5 rings (SSSR count). The van der Waals surface area contributed by atoms with E-state index in [9.17, 15) is 31.2 Å². The van der Waals surface area contributed by atoms with Crippen molar-refractivity contribution in [2.45, 2.75) is 31.0 Å². The van der Waals surface area contributed by atoms with Crippen LogP contribution < -0.4 is 15.4 Å². The standard InChI is InChI=1S/C25H23F3N4O5S/c1-38(35,36)13-20(33)30-22-21(15-5-3-2-4-6-15)29-19-12-24(31-23(34)32(19)22)10-9-16-11-17(7-8-18(16)24)37-14-25(26,27)28/h2-8,11H,9-10,12-14H2,1H3,(H,30,33)(H,31,34)/t24-/m0/s1. The molecule has 1 aromatic heterocycles. The molecule has 9 nitrogen and oxygen atoms in total. The van der Waals surface area contributed by atoms with E-state index in [1.165, 1.54) is 10.6 Å². The lowest BCUT2D eigenvalue weighted by Crippen LogP contribution is -2.52. The summed E-state index contributed by atoms with van der Waals surface area (Å²) in [5.41, 5.74) is 1.59. The largest absolute Gasteiger partial charge is 0.484 e. The van der Waals surface area contributed by atoms with E-state index < -0.39 is 45.9 Å². The first-order valence-electron chi connectivity index (χ1n) is 11.6. The highest BCUT2D eigenvalue weighted by Crippen LogP contribution is 2.44. The number of aromatic nitrogens is 2. The summed E-state index contributed by atoms with van der Waals surface area (Å²) in [5, 5.41) is 5.55. The number of imidazole rings is 1. The fraction of sp³-hybridized carbons (Fsp3) is 0.320. The van der Waals surface area contributed by atoms with Crippen LogP contribution in [0.5, 0.6) is 5.75 Å². The first-order chi connectivity index (χ1) is 17.8. The number of halogens is 3. The molecule has 0 fully saturated rings. The third-order valence-corrected chi connectivity index (χ3v) is 7.26. The number of benzene rings is 2. The number of sulfone groups is 1. The number of nitrogens with zero attached hydrogens (tertiary/aromatic N) is 2. The Morgan fingerprint density at radius 2 is 1.95 bits per heavy atom. The molecule has 0 radical (unpaired) electrons. The SMILES string of the molecule is CS(=O)(=O)CC(=O)Nc1c(-c2ccccc2)nc2n1C(=O)N[C@@]1(CCc3cc(OCC(F)(F)F)ccc31)C2. The van der Waals surface area contributed by atoms with Crippen LogP contribution >= 0.6 is 0 Å². The zero-order valence-corrected chi connectivity index (χ0v) is 20.9. The second-order valence-corrected chi connectivity index (χ2v) is 11.6. The van der Waals surface area contributed by atoms with Gasteiger partial charge in [0.2, 0.25) is 5.91 Å². The summed E-state index contributed by atoms with van der Waals surface area (Å²) in [6.07, 6.45) is -2.29. The average Bonchev–Trinajstić information content (AvgIpc) is 3.35. The molecule has 0 unspecified atom stereocenters. The molecule has 0 saturated heterocycles. The number of nitrogens with one attached hydrogen (secondary N) is 2. The summed E-state index contributed by atoms with van der Waals surface area (Å²) >= 11 is 0. The van der Waals surface area contributed by atoms with Crippen molar-refractivity contribution in [1.29, 1.82) is 0 Å². The number of rotatable bonds is 6. The van der Waals surface area contributed by atoms with Gasteiger partial charge in [0.15, 0.2) is 16.4 Å². The Balaban J connectivity index is 1.51. The maximum Gasteiger partial charge on any atom is 0.422 e. The summed E-state index contributed by atoms with van der Waals surface area (Å²) < 4.78 is 67.1. The summed E-state index contributed by atoms with van der Waals surface area (Å²) in [6, 6.07) is 12.9. The second kappa shape index (κ2) is 9.15. The molecule has 2 aromatic carbocycles. The molecule has 2 aliphatic rings. The highest BCUT2D eigenvalue weighted by Gasteiger charge is 2.46. The molecule has 13 heteroatoms. The van der Waals surface area contributed by atoms with Gasteiger partial charge in [-0.05, 0) is 36.1 Å². The van der Waals surface area contributed by atoms with E-state index >= 15 is 0 Å². The molecule has 1 atom stereocenters. The number of amides is 2. The van der Waals surface area contributed by atoms with Gasteiger partial charge in [0.05, 0.1) is 5.54 Å². The molecule has 1 aliphatic heterocycles. The third-order valence-electron chi connectivity index (χ3n) is 6.47. The van der Waals surface area contributed by atoms with Crippen LogP contribution in [0.25, 0.3) is 11.3 Å². The van der Waals surface area contributed by atoms with E-state index in [0.29, 0.717) is 29.9 Å². The van der Waals surface area contributed by atoms with E-state index in [1.807, 2.05) is 0 Å². The number of fused-ring (bicyclic) bond motifs is 3. The van der Waals surface area contributed by atoms with Crippen molar-refractivity contribution in [1.82, 2.24) is 14.9 Å². The van der Waals surface area contributed by atoms with Crippen molar-refractivity contribution in [2.75, 3.05) is 23.9 Å². The maximum atomic E-state index is 13.5. The van der Waals surface area contributed by atoms with Crippen molar-refractivity contribution >= 4 is 27.6 Å². The van der Waals surface area contributed by atoms with E-state index in [4.69, 9.17) is 4.74 Å². The van der Waals surface area contributed by atoms with Crippen molar-refractivity contribution in [2.24, 2.45) is 0 Å². The first-order valence-corrected chi connectivity index (χ1v) is 13.7. The van der Waals surface area contributed by atoms with E-state index in [0.717, 1.165) is 17.4 Å². The van der Waals surface area contributed by atoms with Gasteiger partial charge in [0, 0.05) is 18.2 Å². The highest BCUT2D eigenvalue weighted by molar-refractivity contribution is 7.91. The van der Waals surface area contributed by atoms with E-state index in [2.05, 4.69) is 15.6 Å². The molecule has 38 heavy (non-hydrogen) atoms. The zero-order chi connectivity index (χ0) is 27.3. The predicted molar refractivity (Wildman–Crippen MR) is 132 cm³/mol. The minimum Gasteiger partial charge on any atom is -0.484 e. The van der Waals surface area contributed by atoms with Gasteiger partial charge in [-0.15, -0.1) is 0 Å². The molecule has 2 heterocycles. The Labute approximate surface area is 215 Å². The Hall–Kier alpha value is -3.87. The number of carbonyl (C=O) groups excluding carboxylic acids is 2. The highest BCUT2D eigenvalue weighted by atomic mass is 32.2. The minimum atomic E-state index is -4.46. The van der Waals surface area contributed by atoms with Crippen molar-refractivity contribution in [3.63, 3.8) is 0 Å². The fourth-order valence-electron chi connectivity index (χ4n) is 4.99. The Morgan fingerprint density at radius 3 is 2.63 bits per heavy atom. The molecule has 0 bridgehead atoms. The van der Waals surface area contributed by atoms with Crippen molar-refractivity contribution in [3.05, 3.63) is 65.5 Å². The molecule has 2 N–H and O–H groups in total. The number of hydrogen-bond donors (Lipinski definition) is 2. The fourth-order valence-corrected chi connectivity index (χ4v) is 5.54. The lowest BCUT2D eigenvalue weighted by Gasteiger charge is -2.35. The molecular formula is C25H23F3N4O5S. The van der Waals surface area contributed by atoms with Gasteiger partial charge in [-0.25, -0.2) is 22.8 Å². The van der Waals surface area contributed by atoms with Gasteiger partial charge < -0.3 is 15.4 Å². The van der Waals surface area contributed by atoms with Crippen LogP contribution in [0.2, 0.25) is 0 Å². The predicted octanol–water partition coefficient (Wildman–Crippen LogP) is 3.43. The smallest absolute Gasteiger partial charge is 0.422 e. The molecule has 1 spiro atoms. The lowest BCUT2D eigenvalue weighted by molar-refractivity contribution is -0.153. The van der Waals surface area contributed by atoms with Crippen molar-refractivity contribution < 1.29 is 35.9 Å². The number of hydrogen-bond acceptors (Lipinski definition) is 6. The number of ether oxygens (including phenoxy) is 1. The number of aryl methyl sites for hydroxylation is 1. The van der Waals surface area contributed by atoms with Gasteiger partial charge in [0.1, 0.15) is 28.8 Å². The summed E-state index contributed by atoms with van der Waals surface area (Å²) in [4.78, 5) is 30.7. The molecule has 2 amide bonds. The summed E-state index contributed by atoms with van der Waals surface area (Å²) in [5.74, 6) is -1.07. The third kappa shape index (κ3) is 5.10. The molecule has 200 valence electrons. The quantitative estimate of drug-likeness (QED) is 0.487. The van der Waals surface area contributed by atoms with E-state index in [1.54, 1.807) is 42.5 Å². The maximum absolute atomic E-state index is 13.5. The van der Waals surface area contributed by atoms with Crippen LogP contribution in [0.3, 0.4) is 0 Å². The van der Waals surface area contributed by atoms with Crippen molar-refractivity contribution in [3.8, 4) is 17.0 Å². The van der Waals surface area contributed by atoms with Gasteiger partial charge in [0.25, 0.3) is 0 Å². The molecule has 0 saturated carbocycles. The van der Waals surface area contributed by atoms with Crippen LogP contribution in [0.4, 0.5) is 23.8 Å². The second-order valence-electron chi connectivity index (χ2n) is 9.46. The first kappa shape index (κ1) is 25.8. The van der Waals surface area contributed by atoms with E-state index in [-0.39, 0.29) is 18.0 Å². The Bertz CT molecular complexity index is 1540. The van der Waals surface area contributed by atoms with Crippen LogP contribution in [0.15, 0.2) is 48.5 Å². The van der Waals surface area contributed by atoms with Gasteiger partial charge >= 0.3 is 12.2 Å². The topological polar surface area (TPSA) is 119 Å². The molecular weight excluding hydrogens is 525 g/mol. The minimum absolute atomic E-state index is 0.0568. The number of anilines is 1. The Morgan fingerprint density at radius 1 is 1.21 bits per heavy atom. The van der Waals surface area contributed by atoms with Gasteiger partial charge in [-0.3, -0.25) is 4.79 Å². The van der Waals surface area contributed by atoms with Gasteiger partial charge in [-0.2, -0.15) is 13.2 Å². The summed E-state index contributed by atoms with van der Waals surface area (Å²) in [7, 11) is -3.62. The average molecular weight is 549 g/mol. The van der Waals surface area contributed by atoms with Crippen LogP contribution in [-0.4, -0.2) is 54.7 Å². The molecule has 1 aliphatic carbocycles. The molecule has 3 aromatic rings. The van der Waals surface area contributed by atoms with Gasteiger partial charge in [-0.1, -0.05) is 36.4 Å². The number of carbonyl (C=O) groups is 2. The Kier molecular flexibility index (Phi) is 6.21. The van der Waals surface area contributed by atoms with Crippen LogP contribution in [0.1, 0.15) is 23.4 Å². The lowest BCUT2D eigenvalue weighted by atomic mass is 9.86. The van der Waals surface area contributed by atoms with Crippen LogP contribution in [0, 0.1) is 0 Å². The normalized spacial score (nSPS) is 18.6.